The van der Waals surface area contributed by atoms with Gasteiger partial charge in [-0.25, -0.2) is 8.42 Å². The van der Waals surface area contributed by atoms with Gasteiger partial charge in [0.1, 0.15) is 0 Å². The molecule has 10 heteroatoms. The molecule has 7 nitrogen and oxygen atoms in total. The van der Waals surface area contributed by atoms with E-state index in [1.54, 1.807) is 30.3 Å². The van der Waals surface area contributed by atoms with Crippen LogP contribution >= 0.6 is 19.2 Å². The number of rotatable bonds is 10. The van der Waals surface area contributed by atoms with Gasteiger partial charge >= 0.3 is 7.60 Å². The van der Waals surface area contributed by atoms with E-state index < -0.39 is 28.7 Å². The Morgan fingerprint density at radius 1 is 0.969 bits per heavy atom. The number of hydrogen-bond donors (Lipinski definition) is 1. The van der Waals surface area contributed by atoms with E-state index in [0.717, 1.165) is 6.08 Å². The van der Waals surface area contributed by atoms with Crippen LogP contribution in [0.5, 0.6) is 0 Å². The molecule has 0 aromatic heterocycles. The summed E-state index contributed by atoms with van der Waals surface area (Å²) < 4.78 is 55.2. The van der Waals surface area contributed by atoms with Crippen LogP contribution in [0.25, 0.3) is 0 Å². The van der Waals surface area contributed by atoms with E-state index in [4.69, 9.17) is 20.6 Å². The molecule has 1 aliphatic rings. The van der Waals surface area contributed by atoms with Crippen molar-refractivity contribution in [3.05, 3.63) is 76.8 Å². The van der Waals surface area contributed by atoms with Crippen LogP contribution in [0.4, 0.5) is 0 Å². The minimum atomic E-state index is -4.28. The van der Waals surface area contributed by atoms with E-state index in [-0.39, 0.29) is 34.3 Å². The van der Waals surface area contributed by atoms with Gasteiger partial charge in [0.25, 0.3) is 0 Å². The van der Waals surface area contributed by atoms with Crippen molar-refractivity contribution in [2.24, 2.45) is 0 Å². The zero-order chi connectivity index (χ0) is 23.4. The van der Waals surface area contributed by atoms with Gasteiger partial charge in [0.2, 0.25) is 15.8 Å². The zero-order valence-electron chi connectivity index (χ0n) is 17.8. The first-order valence-electron chi connectivity index (χ1n) is 10.2. The number of Topliss-reactive ketones (excluding diaryl/α,β-unsaturated/α-hetero) is 1. The van der Waals surface area contributed by atoms with Crippen LogP contribution in [-0.4, -0.2) is 27.4 Å². The van der Waals surface area contributed by atoms with Crippen molar-refractivity contribution in [3.8, 4) is 0 Å². The van der Waals surface area contributed by atoms with E-state index in [0.29, 0.717) is 12.8 Å². The largest absolute Gasteiger partial charge is 0.360 e. The van der Waals surface area contributed by atoms with Crippen LogP contribution in [-0.2, 0) is 28.9 Å². The highest BCUT2D eigenvalue weighted by Gasteiger charge is 2.57. The smallest absolute Gasteiger partial charge is 0.307 e. The fourth-order valence-corrected chi connectivity index (χ4v) is 7.83. The molecular weight excluding hydrogens is 473 g/mol. The lowest BCUT2D eigenvalue weighted by molar-refractivity contribution is 0.103. The van der Waals surface area contributed by atoms with Gasteiger partial charge in [0, 0.05) is 11.1 Å². The SMILES string of the molecule is CCCOP(=O)(OCCC)C1(NS(=O)(=O)c2ccccc2)C=C(Cl)C(=O)c2ccccc21. The van der Waals surface area contributed by atoms with Gasteiger partial charge in [0.15, 0.2) is 5.28 Å². The molecule has 0 spiro atoms. The minimum absolute atomic E-state index is 0.0455. The van der Waals surface area contributed by atoms with Crippen molar-refractivity contribution < 1.29 is 26.8 Å². The maximum absolute atomic E-state index is 14.3. The monoisotopic (exact) mass is 497 g/mol. The second kappa shape index (κ2) is 10.00. The summed E-state index contributed by atoms with van der Waals surface area (Å²) in [6, 6.07) is 13.9. The van der Waals surface area contributed by atoms with Gasteiger partial charge in [-0.05, 0) is 31.1 Å². The Bertz CT molecular complexity index is 1160. The van der Waals surface area contributed by atoms with E-state index in [1.165, 1.54) is 24.3 Å². The Morgan fingerprint density at radius 3 is 2.12 bits per heavy atom. The van der Waals surface area contributed by atoms with Gasteiger partial charge in [-0.3, -0.25) is 9.36 Å². The van der Waals surface area contributed by atoms with E-state index in [2.05, 4.69) is 4.72 Å². The number of carbonyl (C=O) groups is 1. The predicted molar refractivity (Wildman–Crippen MR) is 123 cm³/mol. The quantitative estimate of drug-likeness (QED) is 0.454. The van der Waals surface area contributed by atoms with Crippen LogP contribution in [0, 0.1) is 0 Å². The molecule has 0 radical (unpaired) electrons. The molecule has 1 N–H and O–H groups in total. The van der Waals surface area contributed by atoms with Crippen molar-refractivity contribution in [3.63, 3.8) is 0 Å². The zero-order valence-corrected chi connectivity index (χ0v) is 20.3. The molecule has 1 aliphatic carbocycles. The molecule has 172 valence electrons. The van der Waals surface area contributed by atoms with Crippen LogP contribution in [0.3, 0.4) is 0 Å². The lowest BCUT2D eigenvalue weighted by atomic mass is 9.92. The minimum Gasteiger partial charge on any atom is -0.307 e. The predicted octanol–water partition coefficient (Wildman–Crippen LogP) is 5.18. The molecule has 1 atom stereocenters. The van der Waals surface area contributed by atoms with Crippen LogP contribution in [0.1, 0.15) is 42.6 Å². The summed E-state index contributed by atoms with van der Waals surface area (Å²) in [5.74, 6) is -0.505. The summed E-state index contributed by atoms with van der Waals surface area (Å²) in [4.78, 5) is 12.7. The highest BCUT2D eigenvalue weighted by molar-refractivity contribution is 7.90. The third-order valence-corrected chi connectivity index (χ3v) is 9.15. The molecule has 1 unspecified atom stereocenters. The fraction of sp³-hybridized carbons (Fsp3) is 0.318. The number of sulfonamides is 1. The summed E-state index contributed by atoms with van der Waals surface area (Å²) in [5, 5.41) is -2.31. The maximum Gasteiger partial charge on any atom is 0.360 e. The number of fused-ring (bicyclic) bond motifs is 1. The third kappa shape index (κ3) is 4.62. The molecule has 0 bridgehead atoms. The number of benzene rings is 2. The molecule has 0 amide bonds. The van der Waals surface area contributed by atoms with Gasteiger partial charge in [-0.1, -0.05) is 67.9 Å². The van der Waals surface area contributed by atoms with Crippen molar-refractivity contribution in [2.75, 3.05) is 13.2 Å². The lowest BCUT2D eigenvalue weighted by Gasteiger charge is -2.40. The molecule has 0 heterocycles. The molecule has 0 saturated heterocycles. The van der Waals surface area contributed by atoms with E-state index >= 15 is 0 Å². The highest BCUT2D eigenvalue weighted by Crippen LogP contribution is 2.66. The van der Waals surface area contributed by atoms with Crippen LogP contribution < -0.4 is 4.72 Å². The summed E-state index contributed by atoms with van der Waals surface area (Å²) in [7, 11) is -8.51. The first-order chi connectivity index (χ1) is 15.2. The Kier molecular flexibility index (Phi) is 7.76. The molecule has 2 aromatic rings. The van der Waals surface area contributed by atoms with Gasteiger partial charge in [0.05, 0.1) is 23.1 Å². The first kappa shape index (κ1) is 24.8. The fourth-order valence-electron chi connectivity index (χ4n) is 3.36. The Labute approximate surface area is 193 Å². The van der Waals surface area contributed by atoms with Crippen molar-refractivity contribution in [1.29, 1.82) is 0 Å². The highest BCUT2D eigenvalue weighted by atomic mass is 35.5. The van der Waals surface area contributed by atoms with Crippen molar-refractivity contribution in [1.82, 2.24) is 4.72 Å². The second-order valence-electron chi connectivity index (χ2n) is 7.22. The normalized spacial score (nSPS) is 18.8. The maximum atomic E-state index is 14.3. The summed E-state index contributed by atoms with van der Waals surface area (Å²) >= 11 is 6.27. The van der Waals surface area contributed by atoms with E-state index in [9.17, 15) is 17.8 Å². The summed E-state index contributed by atoms with van der Waals surface area (Å²) in [5.41, 5.74) is 0.278. The van der Waals surface area contributed by atoms with Crippen LogP contribution in [0.15, 0.2) is 70.6 Å². The molecule has 0 aliphatic heterocycles. The van der Waals surface area contributed by atoms with Crippen molar-refractivity contribution >= 4 is 35.0 Å². The second-order valence-corrected chi connectivity index (χ2v) is 11.5. The van der Waals surface area contributed by atoms with Gasteiger partial charge in [-0.2, -0.15) is 4.72 Å². The Balaban J connectivity index is 2.31. The average Bonchev–Trinajstić information content (AvgIpc) is 2.80. The number of nitrogens with one attached hydrogen (secondary N) is 1. The first-order valence-corrected chi connectivity index (χ1v) is 13.6. The summed E-state index contributed by atoms with van der Waals surface area (Å²) in [6.45, 7) is 3.76. The third-order valence-electron chi connectivity index (χ3n) is 4.84. The molecule has 32 heavy (non-hydrogen) atoms. The molecule has 0 saturated carbocycles. The lowest BCUT2D eigenvalue weighted by Crippen LogP contribution is -2.47. The number of hydrogen-bond acceptors (Lipinski definition) is 6. The molecular formula is C22H25ClNO6PS. The number of ketones is 1. The molecule has 2 aromatic carbocycles. The molecule has 0 fully saturated rings. The summed E-state index contributed by atoms with van der Waals surface area (Å²) in [6.07, 6.45) is 2.17. The van der Waals surface area contributed by atoms with Gasteiger partial charge in [-0.15, -0.1) is 0 Å². The van der Waals surface area contributed by atoms with Crippen LogP contribution in [0.2, 0.25) is 0 Å². The Morgan fingerprint density at radius 2 is 1.53 bits per heavy atom. The topological polar surface area (TPSA) is 98.8 Å². The van der Waals surface area contributed by atoms with Crippen molar-refractivity contribution in [2.45, 2.75) is 36.9 Å². The Hall–Kier alpha value is -1.80. The number of halogens is 1. The van der Waals surface area contributed by atoms with Gasteiger partial charge < -0.3 is 9.05 Å². The van der Waals surface area contributed by atoms with E-state index in [1.807, 2.05) is 13.8 Å². The average molecular weight is 498 g/mol. The number of allylic oxidation sites excluding steroid dienone is 1. The standard InChI is InChI=1S/C22H25ClNO6PS/c1-3-14-29-31(26,30-15-4-2)22(24-32(27,28)17-10-6-5-7-11-17)16-20(23)21(25)18-12-8-9-13-19(18)22/h5-13,16,24H,3-4,14-15H2,1-2H3. The molecule has 3 rings (SSSR count). The number of carbonyl (C=O) groups excluding carboxylic acids is 1.